The average molecular weight is 486 g/mol. The van der Waals surface area contributed by atoms with E-state index in [0.717, 1.165) is 22.9 Å². The Kier molecular flexibility index (Phi) is 6.68. The van der Waals surface area contributed by atoms with Crippen LogP contribution in [0, 0.1) is 24.4 Å². The number of anilines is 1. The predicted molar refractivity (Wildman–Crippen MR) is 110 cm³/mol. The van der Waals surface area contributed by atoms with Gasteiger partial charge in [-0.05, 0) is 26.0 Å². The van der Waals surface area contributed by atoms with Crippen molar-refractivity contribution in [2.75, 3.05) is 11.9 Å². The largest absolute Gasteiger partial charge is 0.394 e. The van der Waals surface area contributed by atoms with Gasteiger partial charge in [-0.3, -0.25) is 4.79 Å². The van der Waals surface area contributed by atoms with E-state index < -0.39 is 56.1 Å². The zero-order valence-corrected chi connectivity index (χ0v) is 18.6. The van der Waals surface area contributed by atoms with Gasteiger partial charge in [-0.15, -0.1) is 0 Å². The number of carbonyl (C=O) groups is 1. The van der Waals surface area contributed by atoms with Gasteiger partial charge in [0.2, 0.25) is 10.0 Å². The van der Waals surface area contributed by atoms with E-state index in [1.807, 2.05) is 0 Å². The van der Waals surface area contributed by atoms with Crippen molar-refractivity contribution in [1.29, 1.82) is 0 Å². The maximum absolute atomic E-state index is 15.1. The number of carbonyl (C=O) groups excluding carboxylic acids is 1. The van der Waals surface area contributed by atoms with Crippen LogP contribution in [0.25, 0.3) is 0 Å². The lowest BCUT2D eigenvalue weighted by molar-refractivity contribution is 0.101. The minimum absolute atomic E-state index is 0.0575. The number of benzene rings is 1. The Morgan fingerprint density at radius 1 is 1.24 bits per heavy atom. The highest BCUT2D eigenvalue weighted by atomic mass is 32.2. The molecule has 33 heavy (non-hydrogen) atoms. The number of aliphatic hydroxyl groups is 1. The molecule has 1 atom stereocenters. The zero-order valence-electron chi connectivity index (χ0n) is 17.8. The summed E-state index contributed by atoms with van der Waals surface area (Å²) < 4.78 is 75.5. The number of nitrogens with zero attached hydrogens (tertiary/aromatic N) is 2. The standard InChI is InChI=1S/C20H21F3N4O5S/c1-11-6-13(25-32-11)8-20(2,10-28)26-33(30,31)16-9-27(3)18(17(16)23)19(29)24-12-4-5-14(21)15(22)7-12/h4-7,9,26,28H,8,10H2,1-3H3,(H,24,29). The van der Waals surface area contributed by atoms with Crippen LogP contribution >= 0.6 is 0 Å². The fraction of sp³-hybridized carbons (Fsp3) is 0.300. The molecule has 1 unspecified atom stereocenters. The van der Waals surface area contributed by atoms with Crippen molar-refractivity contribution in [1.82, 2.24) is 14.4 Å². The molecule has 0 saturated carbocycles. The van der Waals surface area contributed by atoms with Gasteiger partial charge in [0.15, 0.2) is 17.5 Å². The van der Waals surface area contributed by atoms with Gasteiger partial charge in [0.05, 0.1) is 17.8 Å². The van der Waals surface area contributed by atoms with Gasteiger partial charge >= 0.3 is 0 Å². The van der Waals surface area contributed by atoms with Crippen LogP contribution in [-0.2, 0) is 23.5 Å². The number of amides is 1. The van der Waals surface area contributed by atoms with Crippen LogP contribution in [0.5, 0.6) is 0 Å². The van der Waals surface area contributed by atoms with Crippen LogP contribution in [0.15, 0.2) is 39.9 Å². The molecule has 0 aliphatic rings. The molecule has 0 spiro atoms. The third-order valence-electron chi connectivity index (χ3n) is 4.75. The van der Waals surface area contributed by atoms with Crippen LogP contribution in [0.1, 0.15) is 28.9 Å². The van der Waals surface area contributed by atoms with Gasteiger partial charge in [0.1, 0.15) is 16.3 Å². The summed E-state index contributed by atoms with van der Waals surface area (Å²) >= 11 is 0. The van der Waals surface area contributed by atoms with E-state index in [2.05, 4.69) is 15.2 Å². The van der Waals surface area contributed by atoms with Gasteiger partial charge in [0, 0.05) is 37.5 Å². The monoisotopic (exact) mass is 486 g/mol. The van der Waals surface area contributed by atoms with Crippen LogP contribution in [0.4, 0.5) is 18.9 Å². The number of aliphatic hydroxyl groups excluding tert-OH is 1. The summed E-state index contributed by atoms with van der Waals surface area (Å²) in [5.74, 6) is -4.31. The predicted octanol–water partition coefficient (Wildman–Crippen LogP) is 2.26. The van der Waals surface area contributed by atoms with Gasteiger partial charge in [-0.25, -0.2) is 26.3 Å². The van der Waals surface area contributed by atoms with Crippen molar-refractivity contribution in [3.8, 4) is 0 Å². The summed E-state index contributed by atoms with van der Waals surface area (Å²) in [5, 5.41) is 15.7. The van der Waals surface area contributed by atoms with E-state index in [-0.39, 0.29) is 12.1 Å². The van der Waals surface area contributed by atoms with Crippen molar-refractivity contribution in [2.24, 2.45) is 7.05 Å². The smallest absolute Gasteiger partial charge is 0.275 e. The second-order valence-electron chi connectivity index (χ2n) is 7.78. The van der Waals surface area contributed by atoms with E-state index in [1.54, 1.807) is 13.0 Å². The zero-order chi connectivity index (χ0) is 24.6. The van der Waals surface area contributed by atoms with Crippen molar-refractivity contribution >= 4 is 21.6 Å². The molecular formula is C20H21F3N4O5S. The van der Waals surface area contributed by atoms with E-state index in [9.17, 15) is 27.1 Å². The SMILES string of the molecule is Cc1cc(CC(C)(CO)NS(=O)(=O)c2cn(C)c(C(=O)Nc3ccc(F)c(F)c3)c2F)no1. The number of nitrogens with one attached hydrogen (secondary N) is 2. The molecule has 0 saturated heterocycles. The minimum atomic E-state index is -4.55. The third kappa shape index (κ3) is 5.26. The lowest BCUT2D eigenvalue weighted by atomic mass is 9.98. The molecule has 3 rings (SSSR count). The molecule has 3 N–H and O–H groups in total. The first-order valence-electron chi connectivity index (χ1n) is 9.53. The topological polar surface area (TPSA) is 126 Å². The van der Waals surface area contributed by atoms with E-state index in [0.29, 0.717) is 17.5 Å². The molecule has 0 aliphatic carbocycles. The van der Waals surface area contributed by atoms with Gasteiger partial charge in [-0.2, -0.15) is 0 Å². The Hall–Kier alpha value is -3.16. The Balaban J connectivity index is 1.87. The summed E-state index contributed by atoms with van der Waals surface area (Å²) in [6, 6.07) is 4.10. The van der Waals surface area contributed by atoms with Crippen molar-refractivity contribution in [2.45, 2.75) is 30.7 Å². The highest BCUT2D eigenvalue weighted by molar-refractivity contribution is 7.89. The summed E-state index contributed by atoms with van der Waals surface area (Å²) in [7, 11) is -3.31. The molecule has 3 aromatic rings. The minimum Gasteiger partial charge on any atom is -0.394 e. The van der Waals surface area contributed by atoms with Crippen LogP contribution in [0.3, 0.4) is 0 Å². The molecule has 2 aromatic heterocycles. The van der Waals surface area contributed by atoms with Crippen molar-refractivity contribution in [3.63, 3.8) is 0 Å². The van der Waals surface area contributed by atoms with Crippen molar-refractivity contribution in [3.05, 3.63) is 65.1 Å². The molecule has 1 aromatic carbocycles. The maximum atomic E-state index is 15.1. The van der Waals surface area contributed by atoms with Crippen LogP contribution in [-0.4, -0.2) is 41.3 Å². The van der Waals surface area contributed by atoms with Crippen LogP contribution < -0.4 is 10.0 Å². The molecule has 178 valence electrons. The maximum Gasteiger partial charge on any atom is 0.275 e. The lowest BCUT2D eigenvalue weighted by Crippen LogP contribution is -2.50. The normalized spacial score (nSPS) is 13.7. The quantitative estimate of drug-likeness (QED) is 0.448. The summed E-state index contributed by atoms with van der Waals surface area (Å²) in [6.07, 6.45) is 0.827. The molecule has 9 nitrogen and oxygen atoms in total. The summed E-state index contributed by atoms with van der Waals surface area (Å²) in [6.45, 7) is 2.39. The Bertz CT molecular complexity index is 1310. The second kappa shape index (κ2) is 9.00. The molecule has 0 radical (unpaired) electrons. The summed E-state index contributed by atoms with van der Waals surface area (Å²) in [4.78, 5) is 11.7. The summed E-state index contributed by atoms with van der Waals surface area (Å²) in [5.41, 5.74) is -1.90. The first-order chi connectivity index (χ1) is 15.3. The fourth-order valence-electron chi connectivity index (χ4n) is 3.18. The number of hydrogen-bond acceptors (Lipinski definition) is 6. The third-order valence-corrected chi connectivity index (χ3v) is 6.37. The number of rotatable bonds is 8. The van der Waals surface area contributed by atoms with E-state index in [1.165, 1.54) is 14.0 Å². The molecular weight excluding hydrogens is 465 g/mol. The number of halogens is 3. The number of hydrogen-bond donors (Lipinski definition) is 3. The van der Waals surface area contributed by atoms with E-state index >= 15 is 4.39 Å². The van der Waals surface area contributed by atoms with Gasteiger partial charge in [-0.1, -0.05) is 5.16 Å². The molecule has 0 bridgehead atoms. The highest BCUT2D eigenvalue weighted by Gasteiger charge is 2.35. The molecule has 0 aliphatic heterocycles. The molecule has 1 amide bonds. The van der Waals surface area contributed by atoms with Crippen molar-refractivity contribution < 1.29 is 36.0 Å². The molecule has 13 heteroatoms. The highest BCUT2D eigenvalue weighted by Crippen LogP contribution is 2.24. The number of aryl methyl sites for hydroxylation is 2. The fourth-order valence-corrected chi connectivity index (χ4v) is 4.71. The Morgan fingerprint density at radius 2 is 1.94 bits per heavy atom. The second-order valence-corrected chi connectivity index (χ2v) is 9.43. The van der Waals surface area contributed by atoms with Gasteiger partial charge in [0.25, 0.3) is 5.91 Å². The number of aromatic nitrogens is 2. The number of sulfonamides is 1. The first-order valence-corrected chi connectivity index (χ1v) is 11.0. The first kappa shape index (κ1) is 24.5. The molecule has 0 fully saturated rings. The average Bonchev–Trinajstić information content (AvgIpc) is 3.26. The molecule has 2 heterocycles. The van der Waals surface area contributed by atoms with Crippen LogP contribution in [0.2, 0.25) is 0 Å². The Labute approximate surface area is 187 Å². The lowest BCUT2D eigenvalue weighted by Gasteiger charge is -2.27. The Morgan fingerprint density at radius 3 is 2.52 bits per heavy atom. The van der Waals surface area contributed by atoms with E-state index in [4.69, 9.17) is 4.52 Å². The van der Waals surface area contributed by atoms with Gasteiger partial charge < -0.3 is 19.5 Å².